The maximum atomic E-state index is 12.5. The number of hydrogen-bond donors (Lipinski definition) is 1. The second-order valence-electron chi connectivity index (χ2n) is 10.0. The summed E-state index contributed by atoms with van der Waals surface area (Å²) in [6.45, 7) is 8.18. The van der Waals surface area contributed by atoms with Crippen molar-refractivity contribution in [3.63, 3.8) is 0 Å². The predicted molar refractivity (Wildman–Crippen MR) is 108 cm³/mol. The van der Waals surface area contributed by atoms with Gasteiger partial charge < -0.3 is 28.8 Å². The Bertz CT molecular complexity index is 619. The van der Waals surface area contributed by atoms with Gasteiger partial charge in [-0.05, 0) is 54.8 Å². The summed E-state index contributed by atoms with van der Waals surface area (Å²) in [7, 11) is 1.64. The largest absolute Gasteiger partial charge is 0.466 e. The fraction of sp³-hybridized carbons (Fsp3) is 0.957. The van der Waals surface area contributed by atoms with Crippen LogP contribution in [0.4, 0.5) is 0 Å². The molecule has 1 spiro atoms. The number of fused-ring (bicyclic) bond motifs is 3. The van der Waals surface area contributed by atoms with E-state index in [1.54, 1.807) is 7.11 Å². The first-order valence-corrected chi connectivity index (χ1v) is 11.6. The molecule has 4 rings (SSSR count). The molecule has 3 saturated carbocycles. The van der Waals surface area contributed by atoms with Gasteiger partial charge in [-0.1, -0.05) is 13.8 Å². The van der Waals surface area contributed by atoms with Crippen molar-refractivity contribution in [2.75, 3.05) is 33.7 Å². The summed E-state index contributed by atoms with van der Waals surface area (Å²) in [5.74, 6) is 0.257. The van der Waals surface area contributed by atoms with Gasteiger partial charge in [-0.25, -0.2) is 0 Å². The third kappa shape index (κ3) is 3.71. The van der Waals surface area contributed by atoms with Crippen LogP contribution in [0.15, 0.2) is 0 Å². The van der Waals surface area contributed by atoms with Crippen molar-refractivity contribution in [2.45, 2.75) is 70.9 Å². The number of carbonyl (C=O) groups is 1. The molecule has 7 nitrogen and oxygen atoms in total. The zero-order chi connectivity index (χ0) is 21.5. The lowest BCUT2D eigenvalue weighted by Crippen LogP contribution is -2.60. The molecule has 1 aliphatic heterocycles. The Morgan fingerprint density at radius 3 is 2.57 bits per heavy atom. The van der Waals surface area contributed by atoms with Crippen LogP contribution in [0.3, 0.4) is 0 Å². The molecule has 0 bridgehead atoms. The Labute approximate surface area is 179 Å². The van der Waals surface area contributed by atoms with Crippen LogP contribution < -0.4 is 0 Å². The van der Waals surface area contributed by atoms with Gasteiger partial charge in [0.15, 0.2) is 5.79 Å². The second-order valence-corrected chi connectivity index (χ2v) is 10.0. The molecule has 172 valence electrons. The number of rotatable bonds is 6. The molecule has 0 aromatic carbocycles. The molecule has 0 aromatic rings. The molecule has 30 heavy (non-hydrogen) atoms. The van der Waals surface area contributed by atoms with E-state index in [2.05, 4.69) is 13.8 Å². The van der Waals surface area contributed by atoms with E-state index in [4.69, 9.17) is 23.7 Å². The van der Waals surface area contributed by atoms with Gasteiger partial charge in [0, 0.05) is 26.4 Å². The fourth-order valence-electron chi connectivity index (χ4n) is 7.44. The van der Waals surface area contributed by atoms with Gasteiger partial charge >= 0.3 is 5.97 Å². The van der Waals surface area contributed by atoms with Gasteiger partial charge in [0.25, 0.3) is 0 Å². The molecule has 0 radical (unpaired) electrons. The van der Waals surface area contributed by atoms with Crippen molar-refractivity contribution < 1.29 is 33.6 Å². The van der Waals surface area contributed by atoms with Gasteiger partial charge in [-0.2, -0.15) is 0 Å². The third-order valence-electron chi connectivity index (χ3n) is 8.63. The predicted octanol–water partition coefficient (Wildman–Crippen LogP) is 2.74. The van der Waals surface area contributed by atoms with Gasteiger partial charge in [0.1, 0.15) is 6.79 Å². The maximum Gasteiger partial charge on any atom is 0.306 e. The summed E-state index contributed by atoms with van der Waals surface area (Å²) in [5, 5.41) is 11.1. The van der Waals surface area contributed by atoms with Gasteiger partial charge in [0.2, 0.25) is 0 Å². The summed E-state index contributed by atoms with van der Waals surface area (Å²) in [4.78, 5) is 12.5. The molecule has 3 aliphatic carbocycles. The second kappa shape index (κ2) is 8.66. The SMILES string of the molecule is CCOC(=O)C[C@@H]1[C@@H](C)C[C@H](O)[C@@H]2C[C@@H](OCOC)[C@H]3CC4(C[C@H]3[C@@]12C)OCCO4. The number of carbonyl (C=O) groups excluding carboxylic acids is 1. The quantitative estimate of drug-likeness (QED) is 0.516. The van der Waals surface area contributed by atoms with Crippen LogP contribution in [0.25, 0.3) is 0 Å². The molecule has 4 aliphatic rings. The summed E-state index contributed by atoms with van der Waals surface area (Å²) >= 11 is 0. The average molecular weight is 427 g/mol. The van der Waals surface area contributed by atoms with Crippen molar-refractivity contribution in [3.8, 4) is 0 Å². The Kier molecular flexibility index (Phi) is 6.48. The fourth-order valence-corrected chi connectivity index (χ4v) is 7.44. The van der Waals surface area contributed by atoms with Crippen LogP contribution in [0.2, 0.25) is 0 Å². The van der Waals surface area contributed by atoms with E-state index < -0.39 is 11.9 Å². The maximum absolute atomic E-state index is 12.5. The highest BCUT2D eigenvalue weighted by Gasteiger charge is 2.66. The van der Waals surface area contributed by atoms with Crippen molar-refractivity contribution in [1.82, 2.24) is 0 Å². The van der Waals surface area contributed by atoms with E-state index in [1.807, 2.05) is 6.92 Å². The van der Waals surface area contributed by atoms with Crippen LogP contribution in [0.5, 0.6) is 0 Å². The highest BCUT2D eigenvalue weighted by molar-refractivity contribution is 5.69. The first kappa shape index (κ1) is 22.5. The molecule has 0 aromatic heterocycles. The standard InChI is InChI=1S/C23H38O7/c1-5-27-21(25)10-16-14(2)8-19(24)17-9-20(28-13-26-4)15-11-23(29-6-7-30-23)12-18(15)22(16,17)3/h14-20,24H,5-13H2,1-4H3/t14-,15-,16+,17-,18+,19-,20+,22-/m0/s1. The first-order valence-electron chi connectivity index (χ1n) is 11.6. The van der Waals surface area contributed by atoms with E-state index >= 15 is 0 Å². The van der Waals surface area contributed by atoms with Crippen LogP contribution in [-0.4, -0.2) is 62.8 Å². The molecule has 7 heteroatoms. The number of ether oxygens (including phenoxy) is 5. The van der Waals surface area contributed by atoms with E-state index in [9.17, 15) is 9.90 Å². The zero-order valence-electron chi connectivity index (χ0n) is 18.8. The lowest BCUT2D eigenvalue weighted by molar-refractivity contribution is -0.205. The monoisotopic (exact) mass is 426 g/mol. The minimum Gasteiger partial charge on any atom is -0.466 e. The van der Waals surface area contributed by atoms with Crippen molar-refractivity contribution >= 4 is 5.97 Å². The summed E-state index contributed by atoms with van der Waals surface area (Å²) in [6, 6.07) is 0. The summed E-state index contributed by atoms with van der Waals surface area (Å²) in [5.41, 5.74) is -0.208. The molecule has 1 N–H and O–H groups in total. The first-order chi connectivity index (χ1) is 14.3. The van der Waals surface area contributed by atoms with E-state index in [1.165, 1.54) is 0 Å². The number of aliphatic hydroxyl groups is 1. The van der Waals surface area contributed by atoms with Crippen LogP contribution in [-0.2, 0) is 28.5 Å². The topological polar surface area (TPSA) is 83.5 Å². The lowest BCUT2D eigenvalue weighted by Gasteiger charge is -2.60. The minimum atomic E-state index is -0.554. The van der Waals surface area contributed by atoms with Gasteiger partial charge in [0.05, 0.1) is 32.0 Å². The van der Waals surface area contributed by atoms with E-state index in [0.29, 0.717) is 32.7 Å². The number of esters is 1. The molecule has 1 heterocycles. The summed E-state index contributed by atoms with van der Waals surface area (Å²) < 4.78 is 28.9. The number of hydrogen-bond acceptors (Lipinski definition) is 7. The van der Waals surface area contributed by atoms with Crippen LogP contribution >= 0.6 is 0 Å². The van der Waals surface area contributed by atoms with Crippen molar-refractivity contribution in [2.24, 2.45) is 35.0 Å². The molecule has 0 unspecified atom stereocenters. The zero-order valence-corrected chi connectivity index (χ0v) is 18.8. The molecule has 8 atom stereocenters. The lowest BCUT2D eigenvalue weighted by atomic mass is 9.45. The Hall–Kier alpha value is -0.730. The minimum absolute atomic E-state index is 0.00787. The normalized spacial score (nSPS) is 44.6. The highest BCUT2D eigenvalue weighted by Crippen LogP contribution is 2.66. The average Bonchev–Trinajstić information content (AvgIpc) is 3.32. The van der Waals surface area contributed by atoms with Gasteiger partial charge in [-0.3, -0.25) is 4.79 Å². The van der Waals surface area contributed by atoms with Crippen LogP contribution in [0, 0.1) is 35.0 Å². The Morgan fingerprint density at radius 1 is 1.17 bits per heavy atom. The van der Waals surface area contributed by atoms with Crippen LogP contribution in [0.1, 0.15) is 52.9 Å². The van der Waals surface area contributed by atoms with Crippen molar-refractivity contribution in [1.29, 1.82) is 0 Å². The Balaban J connectivity index is 1.68. The highest BCUT2D eigenvalue weighted by atomic mass is 16.7. The molecule has 4 fully saturated rings. The van der Waals surface area contributed by atoms with Crippen molar-refractivity contribution in [3.05, 3.63) is 0 Å². The summed E-state index contributed by atoms with van der Waals surface area (Å²) in [6.07, 6.45) is 3.05. The number of aliphatic hydroxyl groups excluding tert-OH is 1. The molecule has 0 amide bonds. The Morgan fingerprint density at radius 2 is 1.90 bits per heavy atom. The third-order valence-corrected chi connectivity index (χ3v) is 8.63. The van der Waals surface area contributed by atoms with E-state index in [0.717, 1.165) is 19.3 Å². The number of methoxy groups -OCH3 is 1. The van der Waals surface area contributed by atoms with Gasteiger partial charge in [-0.15, -0.1) is 0 Å². The molecule has 1 saturated heterocycles. The smallest absolute Gasteiger partial charge is 0.306 e. The molecular formula is C23H38O7. The molecular weight excluding hydrogens is 388 g/mol. The van der Waals surface area contributed by atoms with E-state index in [-0.39, 0.29) is 53.9 Å².